The first-order valence-electron chi connectivity index (χ1n) is 9.09. The number of nitrogens with one attached hydrogen (secondary N) is 1. The number of para-hydroxylation sites is 2. The first-order chi connectivity index (χ1) is 14.0. The maximum Gasteiger partial charge on any atom is 0.281 e. The molecule has 1 fully saturated rings. The third-order valence-corrected chi connectivity index (χ3v) is 5.00. The molecule has 2 aromatic rings. The fourth-order valence-electron chi connectivity index (χ4n) is 2.97. The Morgan fingerprint density at radius 2 is 1.83 bits per heavy atom. The highest BCUT2D eigenvalue weighted by molar-refractivity contribution is 9.10. The summed E-state index contributed by atoms with van der Waals surface area (Å²) in [6.07, 6.45) is 1.73. The number of benzene rings is 2. The van der Waals surface area contributed by atoms with Crippen molar-refractivity contribution in [3.05, 3.63) is 52.1 Å². The summed E-state index contributed by atoms with van der Waals surface area (Å²) >= 11 is 8.90. The van der Waals surface area contributed by atoms with Crippen molar-refractivity contribution in [2.45, 2.75) is 13.8 Å². The molecule has 2 aromatic carbocycles. The maximum absolute atomic E-state index is 13.1. The second-order valence-corrected chi connectivity index (χ2v) is 7.24. The predicted molar refractivity (Wildman–Crippen MR) is 121 cm³/mol. The summed E-state index contributed by atoms with van der Waals surface area (Å²) < 4.78 is 17.4. The molecule has 0 aliphatic carbocycles. The molecule has 1 heterocycles. The van der Waals surface area contributed by atoms with E-state index >= 15 is 0 Å². The number of carbonyl (C=O) groups is 1. The molecule has 1 saturated heterocycles. The molecule has 8 heteroatoms. The van der Waals surface area contributed by atoms with Gasteiger partial charge < -0.3 is 19.5 Å². The molecular weight excluding hydrogens is 456 g/mol. The lowest BCUT2D eigenvalue weighted by molar-refractivity contribution is -0.113. The van der Waals surface area contributed by atoms with Gasteiger partial charge in [-0.2, -0.15) is 0 Å². The van der Waals surface area contributed by atoms with E-state index in [4.69, 9.17) is 26.4 Å². The second-order valence-electron chi connectivity index (χ2n) is 6.00. The van der Waals surface area contributed by atoms with Crippen molar-refractivity contribution < 1.29 is 19.0 Å². The van der Waals surface area contributed by atoms with E-state index < -0.39 is 0 Å². The Kier molecular flexibility index (Phi) is 6.76. The summed E-state index contributed by atoms with van der Waals surface area (Å²) in [6.45, 7) is 4.77. The monoisotopic (exact) mass is 476 g/mol. The summed E-state index contributed by atoms with van der Waals surface area (Å²) in [7, 11) is 1.58. The Morgan fingerprint density at radius 3 is 2.52 bits per heavy atom. The Balaban J connectivity index is 1.97. The fraction of sp³-hybridized carbons (Fsp3) is 0.238. The lowest BCUT2D eigenvalue weighted by atomic mass is 10.1. The van der Waals surface area contributed by atoms with Gasteiger partial charge in [-0.1, -0.05) is 12.1 Å². The van der Waals surface area contributed by atoms with Gasteiger partial charge >= 0.3 is 0 Å². The van der Waals surface area contributed by atoms with Gasteiger partial charge in [0.25, 0.3) is 5.91 Å². The van der Waals surface area contributed by atoms with Crippen LogP contribution in [0.5, 0.6) is 17.2 Å². The van der Waals surface area contributed by atoms with E-state index in [9.17, 15) is 4.79 Å². The third kappa shape index (κ3) is 4.38. The van der Waals surface area contributed by atoms with Gasteiger partial charge in [0.2, 0.25) is 0 Å². The van der Waals surface area contributed by atoms with Crippen molar-refractivity contribution in [1.82, 2.24) is 5.32 Å². The quantitative estimate of drug-likeness (QED) is 0.468. The smallest absolute Gasteiger partial charge is 0.281 e. The second kappa shape index (κ2) is 9.28. The lowest BCUT2D eigenvalue weighted by Crippen LogP contribution is -2.30. The predicted octanol–water partition coefficient (Wildman–Crippen LogP) is 4.52. The van der Waals surface area contributed by atoms with E-state index in [1.165, 1.54) is 4.90 Å². The molecule has 1 N–H and O–H groups in total. The minimum absolute atomic E-state index is 0.257. The van der Waals surface area contributed by atoms with Crippen molar-refractivity contribution in [3.63, 3.8) is 0 Å². The highest BCUT2D eigenvalue weighted by Gasteiger charge is 2.33. The third-order valence-electron chi connectivity index (χ3n) is 4.13. The Morgan fingerprint density at radius 1 is 1.14 bits per heavy atom. The minimum Gasteiger partial charge on any atom is -0.492 e. The van der Waals surface area contributed by atoms with E-state index in [0.29, 0.717) is 47.0 Å². The normalized spacial score (nSPS) is 14.9. The van der Waals surface area contributed by atoms with Crippen LogP contribution in [0.3, 0.4) is 0 Å². The number of thiocarbonyl (C=S) groups is 1. The number of rotatable bonds is 7. The first-order valence-corrected chi connectivity index (χ1v) is 10.3. The summed E-state index contributed by atoms with van der Waals surface area (Å²) in [4.78, 5) is 14.5. The van der Waals surface area contributed by atoms with Gasteiger partial charge in [-0.25, -0.2) is 4.90 Å². The molecule has 0 saturated carbocycles. The van der Waals surface area contributed by atoms with Crippen LogP contribution in [0, 0.1) is 0 Å². The van der Waals surface area contributed by atoms with Gasteiger partial charge in [0.05, 0.1) is 30.5 Å². The molecule has 1 aliphatic heterocycles. The molecule has 3 rings (SSSR count). The topological polar surface area (TPSA) is 60.0 Å². The highest BCUT2D eigenvalue weighted by Crippen LogP contribution is 2.37. The number of anilines is 1. The summed E-state index contributed by atoms with van der Waals surface area (Å²) in [5.41, 5.74) is 1.73. The van der Waals surface area contributed by atoms with E-state index in [1.54, 1.807) is 19.3 Å². The Hall–Kier alpha value is -2.58. The SMILES string of the molecule is CCOc1ccccc1N1C(=O)/C(=C\c2cc(Br)c(OC)c(OCC)c2)NC1=S. The van der Waals surface area contributed by atoms with Crippen molar-refractivity contribution in [2.24, 2.45) is 0 Å². The van der Waals surface area contributed by atoms with Gasteiger partial charge in [0.1, 0.15) is 11.4 Å². The van der Waals surface area contributed by atoms with Crippen LogP contribution in [-0.4, -0.2) is 31.3 Å². The average Bonchev–Trinajstić information content (AvgIpc) is 2.96. The first kappa shape index (κ1) is 21.1. The van der Waals surface area contributed by atoms with Crippen LogP contribution in [-0.2, 0) is 4.79 Å². The molecule has 0 spiro atoms. The van der Waals surface area contributed by atoms with Crippen LogP contribution in [0.1, 0.15) is 19.4 Å². The molecule has 0 radical (unpaired) electrons. The largest absolute Gasteiger partial charge is 0.492 e. The van der Waals surface area contributed by atoms with Crippen molar-refractivity contribution in [2.75, 3.05) is 25.2 Å². The summed E-state index contributed by atoms with van der Waals surface area (Å²) in [6, 6.07) is 11.0. The van der Waals surface area contributed by atoms with Crippen LogP contribution < -0.4 is 24.4 Å². The Bertz CT molecular complexity index is 977. The number of halogens is 1. The van der Waals surface area contributed by atoms with Crippen molar-refractivity contribution >= 4 is 50.9 Å². The molecule has 1 aliphatic rings. The zero-order valence-corrected chi connectivity index (χ0v) is 18.7. The molecule has 1 amide bonds. The van der Waals surface area contributed by atoms with Gasteiger partial charge in [-0.3, -0.25) is 4.79 Å². The average molecular weight is 477 g/mol. The standard InChI is InChI=1S/C21H21BrN2O4S/c1-4-27-17-9-7-6-8-16(17)24-20(25)15(23-21(24)29)11-13-10-14(22)19(26-3)18(12-13)28-5-2/h6-12H,4-5H2,1-3H3,(H,23,29)/b15-11+. The zero-order valence-electron chi connectivity index (χ0n) is 16.3. The number of methoxy groups -OCH3 is 1. The molecule has 6 nitrogen and oxygen atoms in total. The minimum atomic E-state index is -0.257. The summed E-state index contributed by atoms with van der Waals surface area (Å²) in [5, 5.41) is 3.29. The number of carbonyl (C=O) groups excluding carboxylic acids is 1. The van der Waals surface area contributed by atoms with Gasteiger partial charge in [-0.05, 0) is 77.9 Å². The van der Waals surface area contributed by atoms with Crippen LogP contribution in [0.4, 0.5) is 5.69 Å². The molecule has 29 heavy (non-hydrogen) atoms. The molecule has 0 aromatic heterocycles. The van der Waals surface area contributed by atoms with Gasteiger partial charge in [0.15, 0.2) is 16.6 Å². The van der Waals surface area contributed by atoms with Crippen molar-refractivity contribution in [3.8, 4) is 17.2 Å². The van der Waals surface area contributed by atoms with E-state index in [2.05, 4.69) is 21.2 Å². The fourth-order valence-corrected chi connectivity index (χ4v) is 3.89. The number of ether oxygens (including phenoxy) is 3. The van der Waals surface area contributed by atoms with E-state index in [1.807, 2.05) is 44.2 Å². The molecule has 0 unspecified atom stereocenters. The summed E-state index contributed by atoms with van der Waals surface area (Å²) in [5.74, 6) is 1.52. The number of hydrogen-bond acceptors (Lipinski definition) is 5. The van der Waals surface area contributed by atoms with Gasteiger partial charge in [-0.15, -0.1) is 0 Å². The molecule has 0 bridgehead atoms. The Labute approximate surface area is 183 Å². The van der Waals surface area contributed by atoms with Crippen LogP contribution in [0.2, 0.25) is 0 Å². The number of nitrogens with zero attached hydrogens (tertiary/aromatic N) is 1. The van der Waals surface area contributed by atoms with E-state index in [0.717, 1.165) is 10.0 Å². The van der Waals surface area contributed by atoms with Crippen LogP contribution in [0.25, 0.3) is 6.08 Å². The van der Waals surface area contributed by atoms with Crippen LogP contribution in [0.15, 0.2) is 46.6 Å². The van der Waals surface area contributed by atoms with Gasteiger partial charge in [0, 0.05) is 0 Å². The lowest BCUT2D eigenvalue weighted by Gasteiger charge is -2.18. The molecule has 0 atom stereocenters. The zero-order chi connectivity index (χ0) is 21.0. The molecular formula is C21H21BrN2O4S. The maximum atomic E-state index is 13.1. The molecule has 152 valence electrons. The number of amides is 1. The van der Waals surface area contributed by atoms with Crippen molar-refractivity contribution in [1.29, 1.82) is 0 Å². The van der Waals surface area contributed by atoms with Crippen LogP contribution >= 0.6 is 28.1 Å². The highest BCUT2D eigenvalue weighted by atomic mass is 79.9. The van der Waals surface area contributed by atoms with E-state index in [-0.39, 0.29) is 5.91 Å². The number of hydrogen-bond donors (Lipinski definition) is 1.